The first-order valence-electron chi connectivity index (χ1n) is 9.74. The molecule has 1 aromatic heterocycles. The molecule has 2 aromatic rings. The summed E-state index contributed by atoms with van der Waals surface area (Å²) in [7, 11) is 1.70. The summed E-state index contributed by atoms with van der Waals surface area (Å²) >= 11 is 1.82. The van der Waals surface area contributed by atoms with Crippen LogP contribution in [0.2, 0.25) is 0 Å². The molecule has 2 heterocycles. The van der Waals surface area contributed by atoms with Crippen molar-refractivity contribution in [2.45, 2.75) is 32.2 Å². The summed E-state index contributed by atoms with van der Waals surface area (Å²) in [6, 6.07) is 13.0. The topological polar surface area (TPSA) is 48.9 Å². The molecule has 0 bridgehead atoms. The van der Waals surface area contributed by atoms with Gasteiger partial charge in [-0.25, -0.2) is 0 Å². The number of thiophene rings is 1. The Morgan fingerprint density at radius 1 is 1.26 bits per heavy atom. The second-order valence-corrected chi connectivity index (χ2v) is 7.65. The van der Waals surface area contributed by atoms with E-state index in [1.54, 1.807) is 7.11 Å². The molecular formula is C21H30N4OS. The number of piperidine rings is 1. The van der Waals surface area contributed by atoms with Crippen molar-refractivity contribution in [3.8, 4) is 5.75 Å². The molecule has 3 rings (SSSR count). The van der Waals surface area contributed by atoms with Gasteiger partial charge in [0, 0.05) is 32.2 Å². The van der Waals surface area contributed by atoms with Crippen LogP contribution in [-0.4, -0.2) is 45.3 Å². The Hall–Kier alpha value is -2.21. The summed E-state index contributed by atoms with van der Waals surface area (Å²) in [6.07, 6.45) is 3.18. The highest BCUT2D eigenvalue weighted by atomic mass is 32.1. The van der Waals surface area contributed by atoms with Crippen molar-refractivity contribution in [1.29, 1.82) is 0 Å². The zero-order valence-corrected chi connectivity index (χ0v) is 17.1. The maximum absolute atomic E-state index is 5.29. The van der Waals surface area contributed by atoms with E-state index in [-0.39, 0.29) is 0 Å². The molecule has 1 aliphatic heterocycles. The van der Waals surface area contributed by atoms with Crippen LogP contribution >= 0.6 is 11.3 Å². The number of ether oxygens (including phenoxy) is 1. The minimum atomic E-state index is 0.482. The van der Waals surface area contributed by atoms with Crippen LogP contribution in [0.15, 0.2) is 46.8 Å². The van der Waals surface area contributed by atoms with E-state index in [1.807, 2.05) is 23.5 Å². The third-order valence-electron chi connectivity index (χ3n) is 4.80. The number of anilines is 1. The summed E-state index contributed by atoms with van der Waals surface area (Å²) in [4.78, 5) is 7.25. The summed E-state index contributed by atoms with van der Waals surface area (Å²) in [5.74, 6) is 1.83. The van der Waals surface area contributed by atoms with Crippen molar-refractivity contribution in [2.75, 3.05) is 38.2 Å². The molecule has 2 N–H and O–H groups in total. The number of benzene rings is 1. The van der Waals surface area contributed by atoms with E-state index in [9.17, 15) is 0 Å². The molecule has 0 aliphatic carbocycles. The molecule has 0 unspecified atom stereocenters. The van der Waals surface area contributed by atoms with Gasteiger partial charge in [0.05, 0.1) is 12.1 Å². The number of nitrogens with one attached hydrogen (secondary N) is 2. The first-order chi connectivity index (χ1) is 13.3. The number of hydrogen-bond donors (Lipinski definition) is 2. The maximum atomic E-state index is 5.29. The fourth-order valence-corrected chi connectivity index (χ4v) is 4.12. The third kappa shape index (κ3) is 5.89. The van der Waals surface area contributed by atoms with Gasteiger partial charge in [0.2, 0.25) is 0 Å². The lowest BCUT2D eigenvalue weighted by Crippen LogP contribution is -2.48. The molecule has 27 heavy (non-hydrogen) atoms. The lowest BCUT2D eigenvalue weighted by Gasteiger charge is -2.33. The van der Waals surface area contributed by atoms with Crippen LogP contribution in [0.5, 0.6) is 5.75 Å². The second kappa shape index (κ2) is 10.2. The highest BCUT2D eigenvalue weighted by Gasteiger charge is 2.20. The second-order valence-electron chi connectivity index (χ2n) is 6.72. The van der Waals surface area contributed by atoms with Gasteiger partial charge in [-0.2, -0.15) is 0 Å². The fourth-order valence-electron chi connectivity index (χ4n) is 3.33. The molecular weight excluding hydrogens is 356 g/mol. The molecule has 0 atom stereocenters. The van der Waals surface area contributed by atoms with Crippen molar-refractivity contribution >= 4 is 22.3 Å². The summed E-state index contributed by atoms with van der Waals surface area (Å²) < 4.78 is 5.29. The van der Waals surface area contributed by atoms with Gasteiger partial charge in [0.15, 0.2) is 5.96 Å². The molecule has 146 valence electrons. The average Bonchev–Trinajstić information content (AvgIpc) is 3.24. The van der Waals surface area contributed by atoms with E-state index in [1.165, 1.54) is 10.6 Å². The van der Waals surface area contributed by atoms with Crippen molar-refractivity contribution in [3.63, 3.8) is 0 Å². The minimum Gasteiger partial charge on any atom is -0.497 e. The standard InChI is InChI=1S/C21H30N4OS/c1-3-22-21(23-12-9-17-6-4-7-19(16-17)26-2)24-18-10-13-25(14-11-18)20-8-5-15-27-20/h4-8,15-16,18H,3,9-14H2,1-2H3,(H2,22,23,24). The third-order valence-corrected chi connectivity index (χ3v) is 5.73. The molecule has 5 nitrogen and oxygen atoms in total. The highest BCUT2D eigenvalue weighted by Crippen LogP contribution is 2.24. The molecule has 1 aromatic carbocycles. The van der Waals surface area contributed by atoms with Crippen molar-refractivity contribution < 1.29 is 4.74 Å². The minimum absolute atomic E-state index is 0.482. The summed E-state index contributed by atoms with van der Waals surface area (Å²) in [5.41, 5.74) is 1.25. The monoisotopic (exact) mass is 386 g/mol. The molecule has 1 saturated heterocycles. The zero-order valence-electron chi connectivity index (χ0n) is 16.3. The van der Waals surface area contributed by atoms with Crippen LogP contribution in [0, 0.1) is 0 Å². The van der Waals surface area contributed by atoms with E-state index in [0.29, 0.717) is 6.04 Å². The molecule has 0 radical (unpaired) electrons. The van der Waals surface area contributed by atoms with E-state index < -0.39 is 0 Å². The van der Waals surface area contributed by atoms with E-state index in [4.69, 9.17) is 9.73 Å². The summed E-state index contributed by atoms with van der Waals surface area (Å²) in [5, 5.41) is 10.5. The Morgan fingerprint density at radius 2 is 2.11 bits per heavy atom. The van der Waals surface area contributed by atoms with Gasteiger partial charge in [-0.05, 0) is 61.4 Å². The maximum Gasteiger partial charge on any atom is 0.191 e. The van der Waals surface area contributed by atoms with Crippen LogP contribution in [0.1, 0.15) is 25.3 Å². The Kier molecular flexibility index (Phi) is 7.39. The Balaban J connectivity index is 1.49. The molecule has 1 aliphatic rings. The number of guanidine groups is 1. The van der Waals surface area contributed by atoms with Gasteiger partial charge >= 0.3 is 0 Å². The van der Waals surface area contributed by atoms with E-state index >= 15 is 0 Å². The zero-order chi connectivity index (χ0) is 18.9. The largest absolute Gasteiger partial charge is 0.497 e. The fraction of sp³-hybridized carbons (Fsp3) is 0.476. The number of rotatable bonds is 7. The molecule has 1 fully saturated rings. The van der Waals surface area contributed by atoms with Gasteiger partial charge in [-0.3, -0.25) is 4.99 Å². The van der Waals surface area contributed by atoms with Crippen LogP contribution in [-0.2, 0) is 6.42 Å². The molecule has 6 heteroatoms. The Bertz CT molecular complexity index is 709. The normalized spacial score (nSPS) is 15.6. The highest BCUT2D eigenvalue weighted by molar-refractivity contribution is 7.14. The predicted octanol–water partition coefficient (Wildman–Crippen LogP) is 3.52. The predicted molar refractivity (Wildman–Crippen MR) is 115 cm³/mol. The Morgan fingerprint density at radius 3 is 2.81 bits per heavy atom. The van der Waals surface area contributed by atoms with Gasteiger partial charge in [0.25, 0.3) is 0 Å². The number of aliphatic imine (C=N–C) groups is 1. The van der Waals surface area contributed by atoms with Gasteiger partial charge in [0.1, 0.15) is 5.75 Å². The van der Waals surface area contributed by atoms with Crippen LogP contribution in [0.25, 0.3) is 0 Å². The first kappa shape index (κ1) is 19.5. The quantitative estimate of drug-likeness (QED) is 0.565. The number of nitrogens with zero attached hydrogens (tertiary/aromatic N) is 2. The number of methoxy groups -OCH3 is 1. The smallest absolute Gasteiger partial charge is 0.191 e. The average molecular weight is 387 g/mol. The lowest BCUT2D eigenvalue weighted by molar-refractivity contribution is 0.414. The van der Waals surface area contributed by atoms with E-state index in [2.05, 4.69) is 52.1 Å². The van der Waals surface area contributed by atoms with E-state index in [0.717, 1.165) is 57.2 Å². The summed E-state index contributed by atoms with van der Waals surface area (Å²) in [6.45, 7) is 5.94. The van der Waals surface area contributed by atoms with Gasteiger partial charge < -0.3 is 20.3 Å². The van der Waals surface area contributed by atoms with Gasteiger partial charge in [-0.15, -0.1) is 11.3 Å². The Labute approximate surface area is 166 Å². The van der Waals surface area contributed by atoms with Gasteiger partial charge in [-0.1, -0.05) is 12.1 Å². The van der Waals surface area contributed by atoms with Crippen LogP contribution < -0.4 is 20.3 Å². The van der Waals surface area contributed by atoms with Crippen LogP contribution in [0.3, 0.4) is 0 Å². The van der Waals surface area contributed by atoms with Crippen LogP contribution in [0.4, 0.5) is 5.00 Å². The first-order valence-corrected chi connectivity index (χ1v) is 10.6. The van der Waals surface area contributed by atoms with Crippen molar-refractivity contribution in [2.24, 2.45) is 4.99 Å². The molecule has 0 spiro atoms. The SMILES string of the molecule is CCNC(=NCCc1cccc(OC)c1)NC1CCN(c2cccs2)CC1. The molecule has 0 saturated carbocycles. The number of hydrogen-bond acceptors (Lipinski definition) is 4. The molecule has 0 amide bonds. The lowest BCUT2D eigenvalue weighted by atomic mass is 10.1. The van der Waals surface area contributed by atoms with Crippen molar-refractivity contribution in [3.05, 3.63) is 47.3 Å². The van der Waals surface area contributed by atoms with Crippen molar-refractivity contribution in [1.82, 2.24) is 10.6 Å².